The summed E-state index contributed by atoms with van der Waals surface area (Å²) in [7, 11) is 3.84. The Balaban J connectivity index is 2.14. The maximum atomic E-state index is 5.77. The quantitative estimate of drug-likeness (QED) is 0.660. The molecule has 2 unspecified atom stereocenters. The lowest BCUT2D eigenvalue weighted by Gasteiger charge is -2.05. The Morgan fingerprint density at radius 2 is 2.29 bits per heavy atom. The van der Waals surface area contributed by atoms with Crippen LogP contribution in [0.2, 0.25) is 0 Å². The largest absolute Gasteiger partial charge is 0.346 e. The fourth-order valence-corrected chi connectivity index (χ4v) is 1.56. The van der Waals surface area contributed by atoms with E-state index in [1.54, 1.807) is 0 Å². The summed E-state index contributed by atoms with van der Waals surface area (Å²) >= 11 is 0. The molecule has 2 rings (SSSR count). The number of hydrogen-bond donors (Lipinski definition) is 2. The SMILES string of the molecule is CN(C)c1n[nH]c(C2C=CC(N)C2)n1. The van der Waals surface area contributed by atoms with Crippen LogP contribution >= 0.6 is 0 Å². The Hall–Kier alpha value is -1.36. The number of nitrogens with two attached hydrogens (primary N) is 1. The summed E-state index contributed by atoms with van der Waals surface area (Å²) in [6.07, 6.45) is 5.02. The van der Waals surface area contributed by atoms with E-state index in [0.29, 0.717) is 11.9 Å². The van der Waals surface area contributed by atoms with Gasteiger partial charge >= 0.3 is 0 Å². The number of allylic oxidation sites excluding steroid dienone is 1. The first-order valence-corrected chi connectivity index (χ1v) is 4.70. The molecule has 0 bridgehead atoms. The minimum atomic E-state index is 0.160. The van der Waals surface area contributed by atoms with Gasteiger partial charge in [0, 0.05) is 26.1 Å². The number of hydrogen-bond acceptors (Lipinski definition) is 4. The molecular formula is C9H15N5. The third kappa shape index (κ3) is 1.63. The van der Waals surface area contributed by atoms with E-state index < -0.39 is 0 Å². The molecule has 0 saturated carbocycles. The summed E-state index contributed by atoms with van der Waals surface area (Å²) in [6.45, 7) is 0. The normalized spacial score (nSPS) is 25.6. The van der Waals surface area contributed by atoms with Crippen molar-refractivity contribution < 1.29 is 0 Å². The first-order valence-electron chi connectivity index (χ1n) is 4.70. The zero-order valence-corrected chi connectivity index (χ0v) is 8.44. The molecule has 2 atom stereocenters. The molecule has 0 fully saturated rings. The van der Waals surface area contributed by atoms with Crippen LogP contribution in [0, 0.1) is 0 Å². The van der Waals surface area contributed by atoms with Gasteiger partial charge in [0.1, 0.15) is 5.82 Å². The summed E-state index contributed by atoms with van der Waals surface area (Å²) in [6, 6.07) is 0.160. The van der Waals surface area contributed by atoms with Crippen LogP contribution in [0.15, 0.2) is 12.2 Å². The summed E-state index contributed by atoms with van der Waals surface area (Å²) in [5.74, 6) is 1.91. The molecule has 0 radical (unpaired) electrons. The third-order valence-corrected chi connectivity index (χ3v) is 2.36. The minimum absolute atomic E-state index is 0.160. The van der Waals surface area contributed by atoms with Gasteiger partial charge in [0.2, 0.25) is 5.95 Å². The highest BCUT2D eigenvalue weighted by atomic mass is 15.3. The van der Waals surface area contributed by atoms with Crippen molar-refractivity contribution in [1.82, 2.24) is 15.2 Å². The first kappa shape index (κ1) is 9.21. The van der Waals surface area contributed by atoms with Crippen LogP contribution in [0.1, 0.15) is 18.2 Å². The second-order valence-corrected chi connectivity index (χ2v) is 3.81. The van der Waals surface area contributed by atoms with Crippen molar-refractivity contribution in [1.29, 1.82) is 0 Å². The van der Waals surface area contributed by atoms with Crippen LogP contribution in [0.4, 0.5) is 5.95 Å². The van der Waals surface area contributed by atoms with Gasteiger partial charge in [-0.1, -0.05) is 12.2 Å². The van der Waals surface area contributed by atoms with Crippen LogP contribution in [0.25, 0.3) is 0 Å². The molecule has 0 amide bonds. The molecule has 0 aromatic carbocycles. The molecule has 14 heavy (non-hydrogen) atoms. The van der Waals surface area contributed by atoms with E-state index in [1.165, 1.54) is 0 Å². The Kier molecular flexibility index (Phi) is 2.25. The molecule has 1 aliphatic rings. The van der Waals surface area contributed by atoms with Crippen molar-refractivity contribution in [3.8, 4) is 0 Å². The molecule has 5 heteroatoms. The molecule has 1 aliphatic carbocycles. The van der Waals surface area contributed by atoms with Gasteiger partial charge in [-0.25, -0.2) is 0 Å². The van der Waals surface area contributed by atoms with E-state index in [-0.39, 0.29) is 6.04 Å². The van der Waals surface area contributed by atoms with Crippen molar-refractivity contribution in [3.63, 3.8) is 0 Å². The zero-order valence-electron chi connectivity index (χ0n) is 8.44. The highest BCUT2D eigenvalue weighted by Crippen LogP contribution is 2.25. The van der Waals surface area contributed by atoms with E-state index in [2.05, 4.69) is 21.3 Å². The van der Waals surface area contributed by atoms with Gasteiger partial charge in [-0.3, -0.25) is 5.10 Å². The van der Waals surface area contributed by atoms with Gasteiger partial charge < -0.3 is 10.6 Å². The molecule has 76 valence electrons. The maximum absolute atomic E-state index is 5.77. The predicted molar refractivity (Wildman–Crippen MR) is 55.2 cm³/mol. The Labute approximate surface area is 83.0 Å². The summed E-state index contributed by atoms with van der Waals surface area (Å²) in [5, 5.41) is 7.04. The van der Waals surface area contributed by atoms with Crippen molar-refractivity contribution in [2.45, 2.75) is 18.4 Å². The van der Waals surface area contributed by atoms with Gasteiger partial charge in [-0.2, -0.15) is 4.98 Å². The van der Waals surface area contributed by atoms with Crippen LogP contribution < -0.4 is 10.6 Å². The second kappa shape index (κ2) is 3.42. The number of H-pyrrole nitrogens is 1. The average Bonchev–Trinajstić information content (AvgIpc) is 2.70. The molecule has 0 spiro atoms. The van der Waals surface area contributed by atoms with E-state index in [9.17, 15) is 0 Å². The Morgan fingerprint density at radius 3 is 2.79 bits per heavy atom. The van der Waals surface area contributed by atoms with Crippen molar-refractivity contribution in [3.05, 3.63) is 18.0 Å². The Bertz CT molecular complexity index is 341. The molecule has 5 nitrogen and oxygen atoms in total. The molecular weight excluding hydrogens is 178 g/mol. The number of nitrogens with zero attached hydrogens (tertiary/aromatic N) is 3. The molecule has 1 aromatic heterocycles. The molecule has 1 aromatic rings. The van der Waals surface area contributed by atoms with Crippen LogP contribution in [0.5, 0.6) is 0 Å². The fraction of sp³-hybridized carbons (Fsp3) is 0.556. The van der Waals surface area contributed by atoms with Crippen LogP contribution in [-0.4, -0.2) is 35.3 Å². The molecule has 0 saturated heterocycles. The fourth-order valence-electron chi connectivity index (χ4n) is 1.56. The lowest BCUT2D eigenvalue weighted by molar-refractivity contribution is 0.679. The summed E-state index contributed by atoms with van der Waals surface area (Å²) in [4.78, 5) is 6.25. The van der Waals surface area contributed by atoms with Gasteiger partial charge in [0.15, 0.2) is 0 Å². The second-order valence-electron chi connectivity index (χ2n) is 3.81. The van der Waals surface area contributed by atoms with Gasteiger partial charge in [-0.15, -0.1) is 5.10 Å². The first-order chi connectivity index (χ1) is 6.66. The standard InChI is InChI=1S/C9H15N5/c1-14(2)9-11-8(12-13-9)6-3-4-7(10)5-6/h3-4,6-7H,5,10H2,1-2H3,(H,11,12,13). The topological polar surface area (TPSA) is 70.8 Å². The highest BCUT2D eigenvalue weighted by molar-refractivity contribution is 5.28. The molecule has 1 heterocycles. The average molecular weight is 193 g/mol. The lowest BCUT2D eigenvalue weighted by atomic mass is 10.1. The van der Waals surface area contributed by atoms with Gasteiger partial charge in [-0.05, 0) is 6.42 Å². The van der Waals surface area contributed by atoms with Crippen molar-refractivity contribution in [2.24, 2.45) is 5.73 Å². The minimum Gasteiger partial charge on any atom is -0.346 e. The van der Waals surface area contributed by atoms with Crippen molar-refractivity contribution in [2.75, 3.05) is 19.0 Å². The van der Waals surface area contributed by atoms with Crippen LogP contribution in [-0.2, 0) is 0 Å². The lowest BCUT2D eigenvalue weighted by Crippen LogP contribution is -2.14. The zero-order chi connectivity index (χ0) is 10.1. The van der Waals surface area contributed by atoms with E-state index in [0.717, 1.165) is 12.2 Å². The predicted octanol–water partition coefficient (Wildman–Crippen LogP) is 0.241. The van der Waals surface area contributed by atoms with Crippen LogP contribution in [0.3, 0.4) is 0 Å². The maximum Gasteiger partial charge on any atom is 0.244 e. The Morgan fingerprint density at radius 1 is 1.50 bits per heavy atom. The number of aromatic amines is 1. The van der Waals surface area contributed by atoms with Gasteiger partial charge in [0.05, 0.1) is 0 Å². The van der Waals surface area contributed by atoms with E-state index >= 15 is 0 Å². The third-order valence-electron chi connectivity index (χ3n) is 2.36. The van der Waals surface area contributed by atoms with Crippen molar-refractivity contribution >= 4 is 5.95 Å². The smallest absolute Gasteiger partial charge is 0.244 e. The number of aromatic nitrogens is 3. The molecule has 0 aliphatic heterocycles. The van der Waals surface area contributed by atoms with E-state index in [4.69, 9.17) is 5.73 Å². The highest BCUT2D eigenvalue weighted by Gasteiger charge is 2.20. The number of nitrogens with one attached hydrogen (secondary N) is 1. The molecule has 3 N–H and O–H groups in total. The monoisotopic (exact) mass is 193 g/mol. The van der Waals surface area contributed by atoms with E-state index in [1.807, 2.05) is 25.1 Å². The van der Waals surface area contributed by atoms with Gasteiger partial charge in [0.25, 0.3) is 0 Å². The number of anilines is 1. The summed E-state index contributed by atoms with van der Waals surface area (Å²) < 4.78 is 0. The summed E-state index contributed by atoms with van der Waals surface area (Å²) in [5.41, 5.74) is 5.77. The number of rotatable bonds is 2.